The minimum atomic E-state index is 0.626. The van der Waals surface area contributed by atoms with Gasteiger partial charge in [0.25, 0.3) is 0 Å². The van der Waals surface area contributed by atoms with Gasteiger partial charge in [-0.05, 0) is 24.6 Å². The first-order valence-corrected chi connectivity index (χ1v) is 8.13. The van der Waals surface area contributed by atoms with Crippen LogP contribution in [-0.4, -0.2) is 32.7 Å². The highest BCUT2D eigenvalue weighted by atomic mass is 32.1. The summed E-state index contributed by atoms with van der Waals surface area (Å²) in [5.74, 6) is 0.626. The molecule has 4 heterocycles. The molecule has 5 nitrogen and oxygen atoms in total. The fourth-order valence-electron chi connectivity index (χ4n) is 2.31. The Bertz CT molecular complexity index is 883. The summed E-state index contributed by atoms with van der Waals surface area (Å²) in [5.41, 5.74) is 2.73. The summed E-state index contributed by atoms with van der Waals surface area (Å²) in [6.07, 6.45) is 10.3. The first-order valence-electron chi connectivity index (χ1n) is 7.31. The smallest absolute Gasteiger partial charge is 0.178 e. The lowest BCUT2D eigenvalue weighted by atomic mass is 10.2. The van der Waals surface area contributed by atoms with Gasteiger partial charge in [-0.1, -0.05) is 12.1 Å². The molecule has 3 aromatic rings. The molecule has 0 atom stereocenters. The van der Waals surface area contributed by atoms with Crippen LogP contribution in [0, 0.1) is 0 Å². The van der Waals surface area contributed by atoms with E-state index in [1.807, 2.05) is 30.6 Å². The maximum absolute atomic E-state index is 4.66. The van der Waals surface area contributed by atoms with E-state index < -0.39 is 0 Å². The quantitative estimate of drug-likeness (QED) is 0.741. The first-order chi connectivity index (χ1) is 11.4. The highest BCUT2D eigenvalue weighted by Gasteiger charge is 2.11. The summed E-state index contributed by atoms with van der Waals surface area (Å²) < 4.78 is 0. The number of rotatable bonds is 3. The van der Waals surface area contributed by atoms with E-state index in [0.29, 0.717) is 5.82 Å². The maximum atomic E-state index is 4.66. The van der Waals surface area contributed by atoms with E-state index in [1.165, 1.54) is 0 Å². The largest absolute Gasteiger partial charge is 0.292 e. The Hall–Kier alpha value is -2.73. The Morgan fingerprint density at radius 2 is 1.83 bits per heavy atom. The monoisotopic (exact) mass is 319 g/mol. The summed E-state index contributed by atoms with van der Waals surface area (Å²) in [5, 5.41) is 0.978. The molecule has 0 bridgehead atoms. The van der Waals surface area contributed by atoms with Gasteiger partial charge in [0, 0.05) is 36.9 Å². The summed E-state index contributed by atoms with van der Waals surface area (Å²) in [7, 11) is 0. The Balaban J connectivity index is 1.68. The van der Waals surface area contributed by atoms with E-state index in [4.69, 9.17) is 0 Å². The average molecular weight is 319 g/mol. The zero-order valence-electron chi connectivity index (χ0n) is 12.3. The van der Waals surface area contributed by atoms with Gasteiger partial charge in [-0.2, -0.15) is 0 Å². The van der Waals surface area contributed by atoms with Crippen LogP contribution in [0.2, 0.25) is 0 Å². The molecule has 6 heteroatoms. The summed E-state index contributed by atoms with van der Waals surface area (Å²) in [6, 6.07) is 7.65. The normalized spacial score (nSPS) is 13.8. The summed E-state index contributed by atoms with van der Waals surface area (Å²) in [6.45, 7) is 0.864. The number of aromatic nitrogens is 4. The molecule has 112 valence electrons. The van der Waals surface area contributed by atoms with E-state index in [9.17, 15) is 0 Å². The minimum Gasteiger partial charge on any atom is -0.292 e. The number of aliphatic imine (C=N–C) groups is 1. The number of nitrogens with zero attached hydrogens (tertiary/aromatic N) is 5. The average Bonchev–Trinajstić information content (AvgIpc) is 3.14. The second kappa shape index (κ2) is 6.18. The van der Waals surface area contributed by atoms with Gasteiger partial charge in [-0.3, -0.25) is 4.99 Å². The third-order valence-corrected chi connectivity index (χ3v) is 4.47. The number of hydrogen-bond acceptors (Lipinski definition) is 6. The van der Waals surface area contributed by atoms with Crippen molar-refractivity contribution >= 4 is 23.1 Å². The molecule has 23 heavy (non-hydrogen) atoms. The Morgan fingerprint density at radius 1 is 0.957 bits per heavy atom. The van der Waals surface area contributed by atoms with Gasteiger partial charge in [0.1, 0.15) is 10.7 Å². The minimum absolute atomic E-state index is 0.626. The van der Waals surface area contributed by atoms with Gasteiger partial charge >= 0.3 is 0 Å². The van der Waals surface area contributed by atoms with Crippen LogP contribution < -0.4 is 0 Å². The zero-order chi connectivity index (χ0) is 15.5. The fraction of sp³-hybridized carbons (Fsp3) is 0.118. The van der Waals surface area contributed by atoms with E-state index in [2.05, 4.69) is 31.0 Å². The number of dihydropyridines is 1. The molecule has 0 N–H and O–H groups in total. The highest BCUT2D eigenvalue weighted by Crippen LogP contribution is 2.29. The van der Waals surface area contributed by atoms with Crippen molar-refractivity contribution in [2.24, 2.45) is 4.99 Å². The molecule has 0 radical (unpaired) electrons. The van der Waals surface area contributed by atoms with Crippen molar-refractivity contribution in [3.8, 4) is 22.1 Å². The van der Waals surface area contributed by atoms with Crippen molar-refractivity contribution in [3.63, 3.8) is 0 Å². The maximum Gasteiger partial charge on any atom is 0.178 e. The lowest BCUT2D eigenvalue weighted by Crippen LogP contribution is -1.92. The molecule has 0 saturated heterocycles. The Labute approximate surface area is 137 Å². The number of thiazole rings is 1. The lowest BCUT2D eigenvalue weighted by molar-refractivity contribution is 1.00. The van der Waals surface area contributed by atoms with Crippen molar-refractivity contribution in [2.45, 2.75) is 6.42 Å². The van der Waals surface area contributed by atoms with E-state index in [0.717, 1.165) is 39.8 Å². The number of pyridine rings is 1. The molecule has 0 saturated carbocycles. The molecule has 0 fully saturated rings. The molecule has 0 unspecified atom stereocenters. The molecule has 1 aliphatic rings. The van der Waals surface area contributed by atoms with E-state index in [1.54, 1.807) is 29.8 Å². The van der Waals surface area contributed by atoms with Crippen molar-refractivity contribution in [3.05, 3.63) is 53.9 Å². The lowest BCUT2D eigenvalue weighted by Gasteiger charge is -2.02. The van der Waals surface area contributed by atoms with Gasteiger partial charge in [-0.25, -0.2) is 19.9 Å². The van der Waals surface area contributed by atoms with Crippen LogP contribution in [0.4, 0.5) is 0 Å². The van der Waals surface area contributed by atoms with Gasteiger partial charge in [0.2, 0.25) is 0 Å². The van der Waals surface area contributed by atoms with Crippen LogP contribution in [0.25, 0.3) is 27.7 Å². The van der Waals surface area contributed by atoms with E-state index >= 15 is 0 Å². The Morgan fingerprint density at radius 3 is 2.65 bits per heavy atom. The van der Waals surface area contributed by atoms with Crippen molar-refractivity contribution in [1.29, 1.82) is 0 Å². The van der Waals surface area contributed by atoms with Gasteiger partial charge in [0.05, 0.1) is 10.6 Å². The summed E-state index contributed by atoms with van der Waals surface area (Å²) in [4.78, 5) is 23.0. The fourth-order valence-corrected chi connectivity index (χ4v) is 3.20. The third kappa shape index (κ3) is 2.93. The van der Waals surface area contributed by atoms with Crippen LogP contribution in [0.1, 0.15) is 11.4 Å². The van der Waals surface area contributed by atoms with Gasteiger partial charge < -0.3 is 0 Å². The molecular weight excluding hydrogens is 306 g/mol. The van der Waals surface area contributed by atoms with Crippen molar-refractivity contribution in [2.75, 3.05) is 6.54 Å². The third-order valence-electron chi connectivity index (χ3n) is 3.40. The summed E-state index contributed by atoms with van der Waals surface area (Å²) >= 11 is 1.62. The van der Waals surface area contributed by atoms with Crippen LogP contribution >= 0.6 is 11.3 Å². The SMILES string of the molecule is C1=NCCC=C1c1ncc(-c2cccc(-c3ncccn3)n2)s1. The molecule has 0 spiro atoms. The second-order valence-corrected chi connectivity index (χ2v) is 6.02. The second-order valence-electron chi connectivity index (χ2n) is 4.99. The number of allylic oxidation sites excluding steroid dienone is 1. The zero-order valence-corrected chi connectivity index (χ0v) is 13.1. The molecule has 0 amide bonds. The van der Waals surface area contributed by atoms with Crippen molar-refractivity contribution in [1.82, 2.24) is 19.9 Å². The molecular formula is C17H13N5S. The molecule has 0 aromatic carbocycles. The molecule has 3 aromatic heterocycles. The van der Waals surface area contributed by atoms with Crippen molar-refractivity contribution < 1.29 is 0 Å². The Kier molecular flexibility index (Phi) is 3.73. The molecule has 1 aliphatic heterocycles. The predicted molar refractivity (Wildman–Crippen MR) is 92.3 cm³/mol. The van der Waals surface area contributed by atoms with Crippen LogP contribution in [0.3, 0.4) is 0 Å². The van der Waals surface area contributed by atoms with Crippen LogP contribution in [-0.2, 0) is 0 Å². The van der Waals surface area contributed by atoms with E-state index in [-0.39, 0.29) is 0 Å². The van der Waals surface area contributed by atoms with Crippen LogP contribution in [0.5, 0.6) is 0 Å². The topological polar surface area (TPSA) is 63.9 Å². The molecule has 4 rings (SSSR count). The highest BCUT2D eigenvalue weighted by molar-refractivity contribution is 7.16. The van der Waals surface area contributed by atoms with Gasteiger partial charge in [0.15, 0.2) is 5.82 Å². The first kappa shape index (κ1) is 13.9. The predicted octanol–water partition coefficient (Wildman–Crippen LogP) is 3.52. The molecule has 0 aliphatic carbocycles. The van der Waals surface area contributed by atoms with Gasteiger partial charge in [-0.15, -0.1) is 11.3 Å². The van der Waals surface area contributed by atoms with Crippen LogP contribution in [0.15, 0.2) is 53.9 Å². The number of hydrogen-bond donors (Lipinski definition) is 0. The standard InChI is InChI=1S/C17H13N5S/c1-5-13(22-14(6-1)16-19-8-3-9-20-16)15-11-21-17(23-15)12-4-2-7-18-10-12/h1,3-6,8-11H,2,7H2.